The number of anilines is 4. The van der Waals surface area contributed by atoms with E-state index in [-0.39, 0.29) is 23.4 Å². The van der Waals surface area contributed by atoms with Gasteiger partial charge >= 0.3 is 0 Å². The highest BCUT2D eigenvalue weighted by molar-refractivity contribution is 6.09. The molecule has 2 aromatic heterocycles. The summed E-state index contributed by atoms with van der Waals surface area (Å²) in [5.41, 5.74) is 3.29. The number of nitrogens with zero attached hydrogens (tertiary/aromatic N) is 4. The Morgan fingerprint density at radius 1 is 0.614 bits per heavy atom. The van der Waals surface area contributed by atoms with Crippen molar-refractivity contribution in [2.45, 2.75) is 65.4 Å². The second-order valence-electron chi connectivity index (χ2n) is 15.3. The van der Waals surface area contributed by atoms with Gasteiger partial charge in [0, 0.05) is 59.7 Å². The number of fused-ring (bicyclic) bond motifs is 4. The Hall–Kier alpha value is -6.33. The van der Waals surface area contributed by atoms with Crippen molar-refractivity contribution in [1.29, 1.82) is 0 Å². The molecule has 3 heterocycles. The first-order valence-corrected chi connectivity index (χ1v) is 18.8. The lowest BCUT2D eigenvalue weighted by atomic mass is 9.85. The van der Waals surface area contributed by atoms with Crippen LogP contribution in [0.5, 0.6) is 11.5 Å². The Labute approximate surface area is 356 Å². The maximum Gasteiger partial charge on any atom is 0.137 e. The van der Waals surface area contributed by atoms with Gasteiger partial charge in [-0.05, 0) is 112 Å². The van der Waals surface area contributed by atoms with Gasteiger partial charge in [-0.1, -0.05) is 115 Å². The molecule has 0 fully saturated rings. The largest absolute Gasteiger partial charge is 0.457 e. The van der Waals surface area contributed by atoms with Gasteiger partial charge in [-0.3, -0.25) is 4.57 Å². The standard InChI is InChI=1S/C52H50N4O/c1-34(2)42-19-15-20-43(35(3)4)51(42)36-28-39(55-33-54(38-16-9-8-10-17-38)47-22-13-14-23-48(47)55)31-41(29-36)57-40-24-25-45-44-18-11-12-21-46(44)56(49(45)32-40)50-30-37(26-27-53-50)52(5,6)7/h8-32,34-35H,33H2,1-7H3/i1D3,2D3,3D3,4D3,34D,35D. The molecule has 5 heteroatoms. The molecule has 0 N–H and O–H groups in total. The molecule has 6 aromatic carbocycles. The monoisotopic (exact) mass is 760 g/mol. The number of aromatic nitrogens is 2. The fraction of sp³-hybridized carbons (Fsp3) is 0.212. The number of hydrogen-bond donors (Lipinski definition) is 0. The molecule has 5 nitrogen and oxygen atoms in total. The van der Waals surface area contributed by atoms with Crippen LogP contribution in [0.15, 0.2) is 152 Å². The van der Waals surface area contributed by atoms with Crippen LogP contribution in [0, 0.1) is 0 Å². The van der Waals surface area contributed by atoms with Crippen molar-refractivity contribution in [3.8, 4) is 28.4 Å². The van der Waals surface area contributed by atoms with E-state index in [1.165, 1.54) is 6.07 Å². The summed E-state index contributed by atoms with van der Waals surface area (Å²) in [4.78, 5) is 8.80. The average molecular weight is 761 g/mol. The third-order valence-electron chi connectivity index (χ3n) is 10.6. The van der Waals surface area contributed by atoms with Crippen molar-refractivity contribution in [3.63, 3.8) is 0 Å². The molecular formula is C52H50N4O. The summed E-state index contributed by atoms with van der Waals surface area (Å²) in [5.74, 6) is -5.82. The summed E-state index contributed by atoms with van der Waals surface area (Å²) in [6.45, 7) is -7.77. The van der Waals surface area contributed by atoms with Crippen molar-refractivity contribution in [2.24, 2.45) is 0 Å². The second kappa shape index (κ2) is 14.3. The zero-order chi connectivity index (χ0) is 51.3. The van der Waals surface area contributed by atoms with E-state index in [9.17, 15) is 2.74 Å². The molecule has 57 heavy (non-hydrogen) atoms. The van der Waals surface area contributed by atoms with Crippen LogP contribution in [-0.4, -0.2) is 16.2 Å². The molecule has 0 spiro atoms. The molecule has 0 saturated heterocycles. The molecule has 8 aromatic rings. The quantitative estimate of drug-likeness (QED) is 0.154. The van der Waals surface area contributed by atoms with E-state index in [1.807, 2.05) is 113 Å². The van der Waals surface area contributed by atoms with E-state index in [0.29, 0.717) is 17.3 Å². The van der Waals surface area contributed by atoms with Crippen LogP contribution in [0.3, 0.4) is 0 Å². The molecule has 0 unspecified atom stereocenters. The summed E-state index contributed by atoms with van der Waals surface area (Å²) >= 11 is 0. The molecular weight excluding hydrogens is 697 g/mol. The number of hydrogen-bond acceptors (Lipinski definition) is 4. The molecule has 0 amide bonds. The van der Waals surface area contributed by atoms with E-state index in [4.69, 9.17) is 26.2 Å². The lowest BCUT2D eigenvalue weighted by Crippen LogP contribution is -2.24. The summed E-state index contributed by atoms with van der Waals surface area (Å²) in [6.07, 6.45) is 1.78. The van der Waals surface area contributed by atoms with Crippen molar-refractivity contribution >= 4 is 44.6 Å². The van der Waals surface area contributed by atoms with E-state index in [1.54, 1.807) is 24.4 Å². The van der Waals surface area contributed by atoms with E-state index in [0.717, 1.165) is 62.6 Å². The molecule has 9 rings (SSSR count). The minimum Gasteiger partial charge on any atom is -0.457 e. The summed E-state index contributed by atoms with van der Waals surface area (Å²) in [6, 6.07) is 42.7. The normalized spacial score (nSPS) is 17.9. The van der Waals surface area contributed by atoms with Crippen LogP contribution >= 0.6 is 0 Å². The van der Waals surface area contributed by atoms with Gasteiger partial charge in [-0.15, -0.1) is 0 Å². The van der Waals surface area contributed by atoms with E-state index in [2.05, 4.69) is 25.7 Å². The Morgan fingerprint density at radius 2 is 1.28 bits per heavy atom. The predicted molar refractivity (Wildman–Crippen MR) is 239 cm³/mol. The topological polar surface area (TPSA) is 33.5 Å². The smallest absolute Gasteiger partial charge is 0.137 e. The fourth-order valence-electron chi connectivity index (χ4n) is 7.89. The van der Waals surface area contributed by atoms with Gasteiger partial charge in [-0.25, -0.2) is 4.98 Å². The lowest BCUT2D eigenvalue weighted by Gasteiger charge is -2.25. The molecule has 1 aliphatic rings. The van der Waals surface area contributed by atoms with Gasteiger partial charge in [0.25, 0.3) is 0 Å². The second-order valence-corrected chi connectivity index (χ2v) is 15.3. The lowest BCUT2D eigenvalue weighted by molar-refractivity contribution is 0.483. The third-order valence-corrected chi connectivity index (χ3v) is 10.6. The van der Waals surface area contributed by atoms with Gasteiger partial charge in [0.15, 0.2) is 0 Å². The molecule has 1 aliphatic heterocycles. The highest BCUT2D eigenvalue weighted by atomic mass is 16.5. The van der Waals surface area contributed by atoms with Gasteiger partial charge in [0.05, 0.1) is 22.4 Å². The third kappa shape index (κ3) is 6.61. The molecule has 0 radical (unpaired) electrons. The van der Waals surface area contributed by atoms with Gasteiger partial charge < -0.3 is 14.5 Å². The molecule has 0 saturated carbocycles. The van der Waals surface area contributed by atoms with Gasteiger partial charge in [-0.2, -0.15) is 0 Å². The fourth-order valence-corrected chi connectivity index (χ4v) is 7.89. The maximum atomic E-state index is 9.48. The highest BCUT2D eigenvalue weighted by Gasteiger charge is 2.29. The predicted octanol–water partition coefficient (Wildman–Crippen LogP) is 14.4. The minimum absolute atomic E-state index is 0.0904. The SMILES string of the molecule is [2H]C([2H])([2H])C([2H])(c1cccc(C([2H])(C([2H])([2H])[2H])C([2H])([2H])[2H])c1-c1cc(Oc2ccc3c4ccccc4n(-c4cc(C(C)(C)C)ccn4)c3c2)cc(N2CN(c3ccccc3)c3ccccc32)c1)C([2H])([2H])[2H]. The van der Waals surface area contributed by atoms with Crippen molar-refractivity contribution in [3.05, 3.63) is 168 Å². The Kier molecular flexibility index (Phi) is 5.94. The van der Waals surface area contributed by atoms with Crippen LogP contribution < -0.4 is 14.5 Å². The number of rotatable bonds is 8. The summed E-state index contributed by atoms with van der Waals surface area (Å²) < 4.78 is 131. The van der Waals surface area contributed by atoms with E-state index < -0.39 is 55.9 Å². The Morgan fingerprint density at radius 3 is 2.00 bits per heavy atom. The van der Waals surface area contributed by atoms with Crippen LogP contribution in [0.25, 0.3) is 38.8 Å². The van der Waals surface area contributed by atoms with Crippen LogP contribution in [0.1, 0.15) is 95.8 Å². The summed E-state index contributed by atoms with van der Waals surface area (Å²) in [7, 11) is 0. The summed E-state index contributed by atoms with van der Waals surface area (Å²) in [5, 5.41) is 1.87. The Bertz CT molecular complexity index is 3230. The first-order chi connectivity index (χ1) is 33.1. The first kappa shape index (κ1) is 23.7. The molecule has 0 aliphatic carbocycles. The zero-order valence-corrected chi connectivity index (χ0v) is 31.8. The number of para-hydroxylation sites is 4. The number of benzene rings is 6. The van der Waals surface area contributed by atoms with Crippen molar-refractivity contribution in [2.75, 3.05) is 16.5 Å². The molecule has 0 atom stereocenters. The highest BCUT2D eigenvalue weighted by Crippen LogP contribution is 2.47. The van der Waals surface area contributed by atoms with Crippen LogP contribution in [0.4, 0.5) is 22.7 Å². The first-order valence-electron chi connectivity index (χ1n) is 25.8. The van der Waals surface area contributed by atoms with Crippen LogP contribution in [-0.2, 0) is 5.41 Å². The molecule has 284 valence electrons. The van der Waals surface area contributed by atoms with Crippen molar-refractivity contribution < 1.29 is 23.9 Å². The Balaban J connectivity index is 1.33. The van der Waals surface area contributed by atoms with Gasteiger partial charge in [0.1, 0.15) is 24.0 Å². The minimum atomic E-state index is -3.59. The average Bonchev–Trinajstić information content (AvgIpc) is 3.85. The van der Waals surface area contributed by atoms with Gasteiger partial charge in [0.2, 0.25) is 0 Å². The number of ether oxygens (including phenoxy) is 1. The van der Waals surface area contributed by atoms with Crippen molar-refractivity contribution in [1.82, 2.24) is 9.55 Å². The molecule has 0 bridgehead atoms. The number of pyridine rings is 1. The zero-order valence-electron chi connectivity index (χ0n) is 45.8. The van der Waals surface area contributed by atoms with Crippen LogP contribution in [0.2, 0.25) is 0 Å². The maximum absolute atomic E-state index is 9.48. The van der Waals surface area contributed by atoms with E-state index >= 15 is 0 Å².